The topological polar surface area (TPSA) is 89.3 Å². The predicted molar refractivity (Wildman–Crippen MR) is 91.8 cm³/mol. The summed E-state index contributed by atoms with van der Waals surface area (Å²) >= 11 is 0. The van der Waals surface area contributed by atoms with Crippen LogP contribution >= 0.6 is 0 Å². The molecule has 3 heterocycles. The number of hydrogen-bond donors (Lipinski definition) is 1. The molecule has 0 radical (unpaired) electrons. The Morgan fingerprint density at radius 3 is 2.92 bits per heavy atom. The van der Waals surface area contributed by atoms with Gasteiger partial charge in [0, 0.05) is 19.5 Å². The van der Waals surface area contributed by atoms with Gasteiger partial charge in [0.2, 0.25) is 5.91 Å². The molecule has 0 aliphatic rings. The lowest BCUT2D eigenvalue weighted by Crippen LogP contribution is -2.33. The molecule has 134 valence electrons. The van der Waals surface area contributed by atoms with Crippen molar-refractivity contribution in [3.63, 3.8) is 0 Å². The zero-order valence-corrected chi connectivity index (χ0v) is 14.6. The highest BCUT2D eigenvalue weighted by molar-refractivity contribution is 5.79. The van der Waals surface area contributed by atoms with Gasteiger partial charge in [0.15, 0.2) is 0 Å². The first-order valence-corrected chi connectivity index (χ1v) is 8.44. The zero-order chi connectivity index (χ0) is 17.8. The van der Waals surface area contributed by atoms with Gasteiger partial charge in [0.05, 0.1) is 37.9 Å². The quantitative estimate of drug-likeness (QED) is 0.669. The number of nitrogens with zero attached hydrogens (tertiary/aromatic N) is 5. The van der Waals surface area contributed by atoms with E-state index in [1.165, 1.54) is 0 Å². The lowest BCUT2D eigenvalue weighted by atomic mass is 10.3. The second kappa shape index (κ2) is 7.52. The molecule has 0 saturated heterocycles. The number of fused-ring (bicyclic) bond motifs is 1. The molecule has 3 rings (SSSR count). The van der Waals surface area contributed by atoms with Crippen LogP contribution in [0.4, 0.5) is 0 Å². The first-order valence-electron chi connectivity index (χ1n) is 8.44. The number of aliphatic hydroxyl groups excluding tert-OH is 1. The maximum atomic E-state index is 12.5. The molecular formula is C17H23N5O3. The van der Waals surface area contributed by atoms with E-state index in [0.717, 1.165) is 23.3 Å². The van der Waals surface area contributed by atoms with Crippen LogP contribution in [-0.2, 0) is 24.4 Å². The number of carbonyl (C=O) groups excluding carboxylic acids is 1. The van der Waals surface area contributed by atoms with E-state index < -0.39 is 0 Å². The van der Waals surface area contributed by atoms with Crippen molar-refractivity contribution in [2.24, 2.45) is 0 Å². The Balaban J connectivity index is 1.69. The smallest absolute Gasteiger partial charge is 0.224 e. The van der Waals surface area contributed by atoms with Crippen LogP contribution in [0.3, 0.4) is 0 Å². The number of rotatable bonds is 8. The van der Waals surface area contributed by atoms with Crippen LogP contribution < -0.4 is 0 Å². The van der Waals surface area contributed by atoms with Crippen LogP contribution in [0, 0.1) is 6.92 Å². The highest BCUT2D eigenvalue weighted by atomic mass is 16.3. The van der Waals surface area contributed by atoms with Crippen molar-refractivity contribution in [3.8, 4) is 0 Å². The van der Waals surface area contributed by atoms with Crippen molar-refractivity contribution in [2.45, 2.75) is 39.9 Å². The monoisotopic (exact) mass is 345 g/mol. The molecule has 1 N–H and O–H groups in total. The first-order chi connectivity index (χ1) is 12.1. The van der Waals surface area contributed by atoms with Gasteiger partial charge < -0.3 is 14.4 Å². The third-order valence-corrected chi connectivity index (χ3v) is 4.20. The van der Waals surface area contributed by atoms with E-state index in [2.05, 4.69) is 10.2 Å². The summed E-state index contributed by atoms with van der Waals surface area (Å²) in [7, 11) is 0. The summed E-state index contributed by atoms with van der Waals surface area (Å²) in [5.41, 5.74) is 2.86. The number of hydrogen-bond acceptors (Lipinski definition) is 5. The van der Waals surface area contributed by atoms with Gasteiger partial charge in [0.1, 0.15) is 16.8 Å². The van der Waals surface area contributed by atoms with Crippen LogP contribution in [0.15, 0.2) is 29.0 Å². The fraction of sp³-hybridized carbons (Fsp3) is 0.471. The number of amides is 1. The van der Waals surface area contributed by atoms with E-state index in [1.54, 1.807) is 23.4 Å². The Morgan fingerprint density at radius 2 is 2.24 bits per heavy atom. The largest absolute Gasteiger partial charge is 0.467 e. The minimum Gasteiger partial charge on any atom is -0.467 e. The summed E-state index contributed by atoms with van der Waals surface area (Å²) in [6.07, 6.45) is 3.66. The molecule has 3 aromatic heterocycles. The number of carbonyl (C=O) groups is 1. The second-order valence-corrected chi connectivity index (χ2v) is 5.87. The Hall–Kier alpha value is -2.61. The van der Waals surface area contributed by atoms with Gasteiger partial charge in [-0.15, -0.1) is 0 Å². The SMILES string of the molecule is CCn1nc(C)c2c1cnn2CCC(=O)N(CCO)Cc1ccco1. The molecular weight excluding hydrogens is 322 g/mol. The highest BCUT2D eigenvalue weighted by Crippen LogP contribution is 2.18. The summed E-state index contributed by atoms with van der Waals surface area (Å²) < 4.78 is 9.03. The van der Waals surface area contributed by atoms with Gasteiger partial charge >= 0.3 is 0 Å². The number of aromatic nitrogens is 4. The first kappa shape index (κ1) is 17.2. The Labute approximate surface area is 145 Å². The molecule has 1 amide bonds. The van der Waals surface area contributed by atoms with E-state index in [4.69, 9.17) is 4.42 Å². The highest BCUT2D eigenvalue weighted by Gasteiger charge is 2.17. The number of aryl methyl sites for hydroxylation is 3. The van der Waals surface area contributed by atoms with E-state index >= 15 is 0 Å². The average Bonchev–Trinajstić information content (AvgIpc) is 3.31. The maximum absolute atomic E-state index is 12.5. The number of aliphatic hydroxyl groups is 1. The third kappa shape index (κ3) is 3.58. The molecule has 0 fully saturated rings. The predicted octanol–water partition coefficient (Wildman–Crippen LogP) is 1.57. The van der Waals surface area contributed by atoms with Crippen LogP contribution in [0.25, 0.3) is 11.0 Å². The van der Waals surface area contributed by atoms with Crippen LogP contribution in [0.5, 0.6) is 0 Å². The molecule has 0 atom stereocenters. The van der Waals surface area contributed by atoms with Crippen LogP contribution in [-0.4, -0.2) is 48.6 Å². The van der Waals surface area contributed by atoms with E-state index in [9.17, 15) is 9.90 Å². The number of furan rings is 1. The van der Waals surface area contributed by atoms with Gasteiger partial charge in [-0.2, -0.15) is 10.2 Å². The summed E-state index contributed by atoms with van der Waals surface area (Å²) in [4.78, 5) is 14.1. The lowest BCUT2D eigenvalue weighted by Gasteiger charge is -2.20. The molecule has 0 unspecified atom stereocenters. The maximum Gasteiger partial charge on any atom is 0.224 e. The molecule has 0 spiro atoms. The van der Waals surface area contributed by atoms with Crippen molar-refractivity contribution in [1.29, 1.82) is 0 Å². The molecule has 3 aromatic rings. The average molecular weight is 345 g/mol. The van der Waals surface area contributed by atoms with Crippen LogP contribution in [0.2, 0.25) is 0 Å². The lowest BCUT2D eigenvalue weighted by molar-refractivity contribution is -0.132. The van der Waals surface area contributed by atoms with E-state index in [0.29, 0.717) is 25.3 Å². The van der Waals surface area contributed by atoms with Crippen molar-refractivity contribution in [3.05, 3.63) is 36.0 Å². The van der Waals surface area contributed by atoms with Gasteiger partial charge in [-0.3, -0.25) is 14.2 Å². The summed E-state index contributed by atoms with van der Waals surface area (Å²) in [5, 5.41) is 18.1. The van der Waals surface area contributed by atoms with Crippen LogP contribution in [0.1, 0.15) is 24.8 Å². The van der Waals surface area contributed by atoms with Crippen molar-refractivity contribution in [1.82, 2.24) is 24.5 Å². The molecule has 0 aliphatic carbocycles. The Morgan fingerprint density at radius 1 is 1.40 bits per heavy atom. The zero-order valence-electron chi connectivity index (χ0n) is 14.6. The van der Waals surface area contributed by atoms with Gasteiger partial charge in [-0.1, -0.05) is 0 Å². The minimum atomic E-state index is -0.0825. The third-order valence-electron chi connectivity index (χ3n) is 4.20. The van der Waals surface area contributed by atoms with Crippen molar-refractivity contribution in [2.75, 3.05) is 13.2 Å². The Bertz CT molecular complexity index is 834. The van der Waals surface area contributed by atoms with Crippen molar-refractivity contribution < 1.29 is 14.3 Å². The normalized spacial score (nSPS) is 11.3. The molecule has 0 aromatic carbocycles. The summed E-state index contributed by atoms with van der Waals surface area (Å²) in [5.74, 6) is 0.651. The molecule has 0 saturated carbocycles. The molecule has 25 heavy (non-hydrogen) atoms. The Kier molecular flexibility index (Phi) is 5.18. The second-order valence-electron chi connectivity index (χ2n) is 5.87. The summed E-state index contributed by atoms with van der Waals surface area (Å²) in [6.45, 7) is 5.79. The molecule has 8 nitrogen and oxygen atoms in total. The fourth-order valence-electron chi connectivity index (χ4n) is 2.99. The molecule has 8 heteroatoms. The summed E-state index contributed by atoms with van der Waals surface area (Å²) in [6, 6.07) is 3.60. The molecule has 0 bridgehead atoms. The molecule has 0 aliphatic heterocycles. The van der Waals surface area contributed by atoms with E-state index in [-0.39, 0.29) is 19.1 Å². The fourth-order valence-corrected chi connectivity index (χ4v) is 2.99. The standard InChI is InChI=1S/C17H23N5O3/c1-3-21-15-11-18-22(17(15)13(2)19-21)7-6-16(24)20(8-9-23)12-14-5-4-10-25-14/h4-5,10-11,23H,3,6-9,12H2,1-2H3. The van der Waals surface area contributed by atoms with Crippen molar-refractivity contribution >= 4 is 16.9 Å². The van der Waals surface area contributed by atoms with Gasteiger partial charge in [0.25, 0.3) is 0 Å². The minimum absolute atomic E-state index is 0.0466. The van der Waals surface area contributed by atoms with Gasteiger partial charge in [-0.25, -0.2) is 0 Å². The van der Waals surface area contributed by atoms with Gasteiger partial charge in [-0.05, 0) is 26.0 Å². The van der Waals surface area contributed by atoms with E-state index in [1.807, 2.05) is 29.3 Å².